The van der Waals surface area contributed by atoms with Crippen LogP contribution in [-0.2, 0) is 11.0 Å². The summed E-state index contributed by atoms with van der Waals surface area (Å²) in [4.78, 5) is 23.9. The van der Waals surface area contributed by atoms with Crippen molar-refractivity contribution in [3.8, 4) is 0 Å². The van der Waals surface area contributed by atoms with E-state index in [2.05, 4.69) is 21.7 Å². The van der Waals surface area contributed by atoms with E-state index in [1.807, 2.05) is 4.90 Å². The molecule has 2 aliphatic heterocycles. The van der Waals surface area contributed by atoms with Crippen LogP contribution < -0.4 is 4.90 Å². The zero-order valence-electron chi connectivity index (χ0n) is 17.9. The standard InChI is InChI=1S/C22H30ClF3N4O/c1-2-28-9-7-18(8-10-28)30(17-3-4-17)21(31)15-5-11-29(12-6-15)20-19(23)13-16(14-27-20)22(24,25)26/h13-15,17-18H,2-12H2,1H3. The van der Waals surface area contributed by atoms with Crippen LogP contribution >= 0.6 is 11.6 Å². The van der Waals surface area contributed by atoms with E-state index in [0.29, 0.717) is 43.8 Å². The third-order valence-electron chi connectivity index (χ3n) is 6.89. The maximum atomic E-state index is 13.4. The van der Waals surface area contributed by atoms with Gasteiger partial charge in [0, 0.05) is 50.4 Å². The molecule has 0 atom stereocenters. The molecular weight excluding hydrogens is 429 g/mol. The molecule has 0 spiro atoms. The predicted molar refractivity (Wildman–Crippen MR) is 114 cm³/mol. The molecule has 9 heteroatoms. The lowest BCUT2D eigenvalue weighted by Crippen LogP contribution is -2.51. The Morgan fingerprint density at radius 3 is 2.23 bits per heavy atom. The molecule has 1 saturated carbocycles. The van der Waals surface area contributed by atoms with Gasteiger partial charge in [0.25, 0.3) is 0 Å². The molecule has 3 aliphatic rings. The van der Waals surface area contributed by atoms with E-state index in [1.54, 1.807) is 0 Å². The van der Waals surface area contributed by atoms with Crippen LogP contribution in [0, 0.1) is 5.92 Å². The zero-order chi connectivity index (χ0) is 22.2. The molecule has 0 aromatic carbocycles. The molecule has 5 nitrogen and oxygen atoms in total. The summed E-state index contributed by atoms with van der Waals surface area (Å²) >= 11 is 6.11. The minimum Gasteiger partial charge on any atom is -0.355 e. The van der Waals surface area contributed by atoms with Crippen molar-refractivity contribution in [1.82, 2.24) is 14.8 Å². The quantitative estimate of drug-likeness (QED) is 0.653. The lowest BCUT2D eigenvalue weighted by atomic mass is 9.93. The lowest BCUT2D eigenvalue weighted by molar-refractivity contribution is -0.140. The second-order valence-corrected chi connectivity index (χ2v) is 9.34. The van der Waals surface area contributed by atoms with Gasteiger partial charge in [-0.25, -0.2) is 4.98 Å². The van der Waals surface area contributed by atoms with E-state index in [1.165, 1.54) is 0 Å². The average Bonchev–Trinajstić information content (AvgIpc) is 3.59. The minimum atomic E-state index is -4.46. The molecule has 2 saturated heterocycles. The number of halogens is 4. The number of carbonyl (C=O) groups excluding carboxylic acids is 1. The van der Waals surface area contributed by atoms with Crippen LogP contribution in [0.1, 0.15) is 51.0 Å². The maximum absolute atomic E-state index is 13.4. The van der Waals surface area contributed by atoms with Crippen LogP contribution in [0.25, 0.3) is 0 Å². The average molecular weight is 459 g/mol. The number of aromatic nitrogens is 1. The zero-order valence-corrected chi connectivity index (χ0v) is 18.6. The normalized spacial score (nSPS) is 22.0. The summed E-state index contributed by atoms with van der Waals surface area (Å²) in [6.07, 6.45) is 2.00. The molecule has 1 aromatic rings. The SMILES string of the molecule is CCN1CCC(N(C(=O)C2CCN(c3ncc(C(F)(F)F)cc3Cl)CC2)C2CC2)CC1. The third-order valence-corrected chi connectivity index (χ3v) is 7.16. The largest absolute Gasteiger partial charge is 0.417 e. The fraction of sp³-hybridized carbons (Fsp3) is 0.727. The van der Waals surface area contributed by atoms with Gasteiger partial charge in [-0.1, -0.05) is 18.5 Å². The molecule has 0 radical (unpaired) electrons. The summed E-state index contributed by atoms with van der Waals surface area (Å²) in [5, 5.41) is 0.00175. The predicted octanol–water partition coefficient (Wildman–Crippen LogP) is 4.45. The van der Waals surface area contributed by atoms with Gasteiger partial charge in [0.2, 0.25) is 5.91 Å². The van der Waals surface area contributed by atoms with E-state index in [0.717, 1.165) is 57.6 Å². The number of carbonyl (C=O) groups is 1. The fourth-order valence-corrected chi connectivity index (χ4v) is 5.18. The molecule has 4 rings (SSSR count). The van der Waals surface area contributed by atoms with Gasteiger partial charge in [-0.2, -0.15) is 13.2 Å². The van der Waals surface area contributed by atoms with E-state index < -0.39 is 11.7 Å². The second kappa shape index (κ2) is 9.14. The van der Waals surface area contributed by atoms with Gasteiger partial charge >= 0.3 is 6.18 Å². The Hall–Kier alpha value is -1.54. The first-order valence-electron chi connectivity index (χ1n) is 11.3. The molecule has 0 unspecified atom stereocenters. The van der Waals surface area contributed by atoms with Crippen LogP contribution in [0.2, 0.25) is 5.02 Å². The maximum Gasteiger partial charge on any atom is 0.417 e. The van der Waals surface area contributed by atoms with Crippen LogP contribution in [0.5, 0.6) is 0 Å². The first-order chi connectivity index (χ1) is 14.8. The van der Waals surface area contributed by atoms with Crippen molar-refractivity contribution >= 4 is 23.3 Å². The smallest absolute Gasteiger partial charge is 0.355 e. The Morgan fingerprint density at radius 1 is 1.10 bits per heavy atom. The van der Waals surface area contributed by atoms with Gasteiger partial charge in [-0.15, -0.1) is 0 Å². The fourth-order valence-electron chi connectivity index (χ4n) is 4.89. The van der Waals surface area contributed by atoms with Crippen LogP contribution in [0.4, 0.5) is 19.0 Å². The Morgan fingerprint density at radius 2 is 1.71 bits per heavy atom. The van der Waals surface area contributed by atoms with Crippen LogP contribution in [0.15, 0.2) is 12.3 Å². The van der Waals surface area contributed by atoms with Gasteiger partial charge in [0.05, 0.1) is 10.6 Å². The van der Waals surface area contributed by atoms with Crippen molar-refractivity contribution in [2.45, 2.75) is 63.7 Å². The van der Waals surface area contributed by atoms with Gasteiger partial charge in [0.1, 0.15) is 5.82 Å². The van der Waals surface area contributed by atoms with Gasteiger partial charge in [0.15, 0.2) is 0 Å². The summed E-state index contributed by atoms with van der Waals surface area (Å²) in [6.45, 7) is 6.48. The van der Waals surface area contributed by atoms with E-state index in [4.69, 9.17) is 11.6 Å². The van der Waals surface area contributed by atoms with E-state index in [-0.39, 0.29) is 16.8 Å². The van der Waals surface area contributed by atoms with Gasteiger partial charge in [-0.05, 0) is 51.1 Å². The first kappa shape index (κ1) is 22.6. The summed E-state index contributed by atoms with van der Waals surface area (Å²) < 4.78 is 38.6. The van der Waals surface area contributed by atoms with E-state index >= 15 is 0 Å². The highest BCUT2D eigenvalue weighted by molar-refractivity contribution is 6.33. The third kappa shape index (κ3) is 5.11. The van der Waals surface area contributed by atoms with Crippen molar-refractivity contribution in [2.24, 2.45) is 5.92 Å². The molecule has 172 valence electrons. The van der Waals surface area contributed by atoms with Crippen LogP contribution in [0.3, 0.4) is 0 Å². The summed E-state index contributed by atoms with van der Waals surface area (Å²) in [5.41, 5.74) is -0.847. The van der Waals surface area contributed by atoms with Crippen molar-refractivity contribution in [2.75, 3.05) is 37.6 Å². The van der Waals surface area contributed by atoms with Crippen molar-refractivity contribution in [1.29, 1.82) is 0 Å². The Labute approximate surface area is 186 Å². The van der Waals surface area contributed by atoms with Gasteiger partial charge in [-0.3, -0.25) is 4.79 Å². The summed E-state index contributed by atoms with van der Waals surface area (Å²) in [5.74, 6) is 0.601. The highest BCUT2D eigenvalue weighted by Crippen LogP contribution is 2.37. The summed E-state index contributed by atoms with van der Waals surface area (Å²) in [7, 11) is 0. The number of nitrogens with zero attached hydrogens (tertiary/aromatic N) is 4. The molecule has 1 amide bonds. The lowest BCUT2D eigenvalue weighted by Gasteiger charge is -2.41. The Bertz CT molecular complexity index is 785. The van der Waals surface area contributed by atoms with Crippen molar-refractivity contribution in [3.63, 3.8) is 0 Å². The number of amides is 1. The highest BCUT2D eigenvalue weighted by atomic mass is 35.5. The second-order valence-electron chi connectivity index (χ2n) is 8.93. The van der Waals surface area contributed by atoms with Crippen LogP contribution in [-0.4, -0.2) is 65.5 Å². The number of pyridine rings is 1. The molecule has 1 aliphatic carbocycles. The molecule has 1 aromatic heterocycles. The number of hydrogen-bond donors (Lipinski definition) is 0. The molecule has 3 heterocycles. The molecule has 0 bridgehead atoms. The molecule has 31 heavy (non-hydrogen) atoms. The van der Waals surface area contributed by atoms with Crippen molar-refractivity contribution in [3.05, 3.63) is 22.8 Å². The highest BCUT2D eigenvalue weighted by Gasteiger charge is 2.41. The number of likely N-dealkylation sites (tertiary alicyclic amines) is 1. The van der Waals surface area contributed by atoms with E-state index in [9.17, 15) is 18.0 Å². The first-order valence-corrected chi connectivity index (χ1v) is 11.7. The number of piperidine rings is 2. The monoisotopic (exact) mass is 458 g/mol. The Balaban J connectivity index is 1.37. The van der Waals surface area contributed by atoms with Crippen molar-refractivity contribution < 1.29 is 18.0 Å². The minimum absolute atomic E-state index is 0.00175. The number of rotatable bonds is 5. The number of anilines is 1. The number of hydrogen-bond acceptors (Lipinski definition) is 4. The molecular formula is C22H30ClF3N4O. The number of alkyl halides is 3. The Kier molecular flexibility index (Phi) is 6.68. The topological polar surface area (TPSA) is 39.7 Å². The van der Waals surface area contributed by atoms with Gasteiger partial charge < -0.3 is 14.7 Å². The molecule has 0 N–H and O–H groups in total. The molecule has 3 fully saturated rings. The summed E-state index contributed by atoms with van der Waals surface area (Å²) in [6, 6.07) is 1.67.